The molecule has 0 saturated heterocycles. The van der Waals surface area contributed by atoms with E-state index >= 15 is 0 Å². The molecule has 15 heavy (non-hydrogen) atoms. The second-order valence-corrected chi connectivity index (χ2v) is 5.69. The molecule has 1 unspecified atom stereocenters. The lowest BCUT2D eigenvalue weighted by Crippen LogP contribution is -2.20. The smallest absolute Gasteiger partial charge is 0.145 e. The Morgan fingerprint density at radius 3 is 2.27 bits per heavy atom. The van der Waals surface area contributed by atoms with Crippen LogP contribution in [0.1, 0.15) is 32.4 Å². The van der Waals surface area contributed by atoms with Gasteiger partial charge in [0, 0.05) is 3.57 Å². The van der Waals surface area contributed by atoms with Crippen molar-refractivity contribution in [1.82, 2.24) is 0 Å². The van der Waals surface area contributed by atoms with E-state index < -0.39 is 23.2 Å². The van der Waals surface area contributed by atoms with Gasteiger partial charge < -0.3 is 5.11 Å². The summed E-state index contributed by atoms with van der Waals surface area (Å²) in [5.41, 5.74) is -0.832. The molecule has 0 saturated carbocycles. The maximum atomic E-state index is 13.6. The van der Waals surface area contributed by atoms with Crippen molar-refractivity contribution in [3.8, 4) is 0 Å². The number of rotatable bonds is 1. The van der Waals surface area contributed by atoms with E-state index in [-0.39, 0.29) is 5.56 Å². The van der Waals surface area contributed by atoms with E-state index in [1.807, 2.05) is 0 Å². The van der Waals surface area contributed by atoms with Crippen LogP contribution in [0.2, 0.25) is 0 Å². The molecule has 0 aliphatic heterocycles. The van der Waals surface area contributed by atoms with Crippen LogP contribution in [0, 0.1) is 20.6 Å². The van der Waals surface area contributed by atoms with Crippen LogP contribution in [0.15, 0.2) is 12.1 Å². The van der Waals surface area contributed by atoms with Gasteiger partial charge in [-0.1, -0.05) is 20.8 Å². The lowest BCUT2D eigenvalue weighted by atomic mass is 9.84. The van der Waals surface area contributed by atoms with E-state index in [0.717, 1.165) is 0 Å². The fourth-order valence-corrected chi connectivity index (χ4v) is 1.70. The maximum absolute atomic E-state index is 13.6. The molecule has 1 N–H and O–H groups in total. The van der Waals surface area contributed by atoms with Gasteiger partial charge in [-0.05, 0) is 40.1 Å². The molecule has 1 aromatic carbocycles. The minimum atomic E-state index is -1.15. The minimum Gasteiger partial charge on any atom is -0.388 e. The van der Waals surface area contributed by atoms with Gasteiger partial charge in [0.15, 0.2) is 0 Å². The molecule has 4 heteroatoms. The first kappa shape index (κ1) is 12.8. The molecule has 0 aliphatic carbocycles. The summed E-state index contributed by atoms with van der Waals surface area (Å²) in [7, 11) is 0. The number of hydrogen-bond donors (Lipinski definition) is 1. The van der Waals surface area contributed by atoms with Crippen molar-refractivity contribution in [2.75, 3.05) is 0 Å². The summed E-state index contributed by atoms with van der Waals surface area (Å²) in [5.74, 6) is -1.37. The quantitative estimate of drug-likeness (QED) is 0.617. The fraction of sp³-hybridized carbons (Fsp3) is 0.455. The van der Waals surface area contributed by atoms with Crippen LogP contribution in [-0.2, 0) is 0 Å². The second kappa shape index (κ2) is 4.33. The molecule has 0 aliphatic rings. The van der Waals surface area contributed by atoms with Crippen molar-refractivity contribution >= 4 is 22.6 Å². The minimum absolute atomic E-state index is 0.241. The highest BCUT2D eigenvalue weighted by atomic mass is 127. The highest BCUT2D eigenvalue weighted by Crippen LogP contribution is 2.36. The molecule has 0 radical (unpaired) electrons. The molecule has 84 valence electrons. The summed E-state index contributed by atoms with van der Waals surface area (Å²) < 4.78 is 27.4. The van der Waals surface area contributed by atoms with Crippen molar-refractivity contribution in [2.24, 2.45) is 5.41 Å². The van der Waals surface area contributed by atoms with E-state index in [2.05, 4.69) is 0 Å². The molecule has 1 nitrogen and oxygen atoms in total. The highest BCUT2D eigenvalue weighted by Gasteiger charge is 2.29. The van der Waals surface area contributed by atoms with Crippen LogP contribution >= 0.6 is 22.6 Å². The Bertz CT molecular complexity index is 372. The Labute approximate surface area is 102 Å². The molecule has 0 fully saturated rings. The number of benzene rings is 1. The molecule has 1 atom stereocenters. The summed E-state index contributed by atoms with van der Waals surface area (Å²) in [6.07, 6.45) is -1.15. The van der Waals surface area contributed by atoms with Gasteiger partial charge in [0.1, 0.15) is 11.6 Å². The first-order chi connectivity index (χ1) is 6.75. The Hall–Kier alpha value is -0.230. The Morgan fingerprint density at radius 1 is 1.27 bits per heavy atom. The summed E-state index contributed by atoms with van der Waals surface area (Å²) >= 11 is 1.78. The van der Waals surface area contributed by atoms with Crippen LogP contribution in [0.3, 0.4) is 0 Å². The van der Waals surface area contributed by atoms with Crippen molar-refractivity contribution in [3.05, 3.63) is 32.9 Å². The lowest BCUT2D eigenvalue weighted by molar-refractivity contribution is 0.0559. The first-order valence-electron chi connectivity index (χ1n) is 4.56. The van der Waals surface area contributed by atoms with Gasteiger partial charge in [-0.25, -0.2) is 8.78 Å². The third-order valence-electron chi connectivity index (χ3n) is 2.17. The van der Waals surface area contributed by atoms with Crippen molar-refractivity contribution in [3.63, 3.8) is 0 Å². The molecule has 0 bridgehead atoms. The largest absolute Gasteiger partial charge is 0.388 e. The summed E-state index contributed by atoms with van der Waals surface area (Å²) in [5, 5.41) is 9.86. The average Bonchev–Trinajstić information content (AvgIpc) is 2.10. The Balaban J connectivity index is 3.31. The normalized spacial score (nSPS) is 14.1. The fourth-order valence-electron chi connectivity index (χ4n) is 1.23. The van der Waals surface area contributed by atoms with Gasteiger partial charge in [-0.2, -0.15) is 0 Å². The van der Waals surface area contributed by atoms with Gasteiger partial charge in [-0.3, -0.25) is 0 Å². The van der Waals surface area contributed by atoms with E-state index in [4.69, 9.17) is 0 Å². The van der Waals surface area contributed by atoms with Crippen LogP contribution in [0.4, 0.5) is 8.78 Å². The zero-order valence-corrected chi connectivity index (χ0v) is 11.0. The average molecular weight is 326 g/mol. The molecular weight excluding hydrogens is 313 g/mol. The topological polar surface area (TPSA) is 20.2 Å². The predicted molar refractivity (Wildman–Crippen MR) is 63.5 cm³/mol. The van der Waals surface area contributed by atoms with E-state index in [9.17, 15) is 13.9 Å². The third-order valence-corrected chi connectivity index (χ3v) is 3.01. The van der Waals surface area contributed by atoms with Gasteiger partial charge in [0.05, 0.1) is 11.7 Å². The number of hydrogen-bond acceptors (Lipinski definition) is 1. The number of aliphatic hydroxyl groups is 1. The molecule has 0 aromatic heterocycles. The SMILES string of the molecule is CC(C)(C)C(O)c1c(F)ccc(I)c1F. The summed E-state index contributed by atoms with van der Waals surface area (Å²) in [6.45, 7) is 5.20. The first-order valence-corrected chi connectivity index (χ1v) is 5.64. The zero-order chi connectivity index (χ0) is 11.8. The number of aliphatic hydroxyl groups excluding tert-OH is 1. The maximum Gasteiger partial charge on any atom is 0.145 e. The van der Waals surface area contributed by atoms with Crippen molar-refractivity contribution in [1.29, 1.82) is 0 Å². The highest BCUT2D eigenvalue weighted by molar-refractivity contribution is 14.1. The molecule has 0 spiro atoms. The summed E-state index contributed by atoms with van der Waals surface area (Å²) in [6, 6.07) is 2.53. The van der Waals surface area contributed by atoms with Crippen molar-refractivity contribution < 1.29 is 13.9 Å². The Morgan fingerprint density at radius 2 is 1.80 bits per heavy atom. The molecule has 1 aromatic rings. The van der Waals surface area contributed by atoms with Crippen LogP contribution in [-0.4, -0.2) is 5.11 Å². The van der Waals surface area contributed by atoms with E-state index in [1.165, 1.54) is 12.1 Å². The predicted octanol–water partition coefficient (Wildman–Crippen LogP) is 3.65. The molecule has 0 heterocycles. The molecule has 0 amide bonds. The third kappa shape index (κ3) is 2.66. The standard InChI is InChI=1S/C11H13F2IO/c1-11(2,3)10(15)8-6(12)4-5-7(14)9(8)13/h4-5,10,15H,1-3H3. The van der Waals surface area contributed by atoms with Gasteiger partial charge in [0.25, 0.3) is 0 Å². The molecular formula is C11H13F2IO. The number of halogens is 3. The van der Waals surface area contributed by atoms with E-state index in [1.54, 1.807) is 43.4 Å². The van der Waals surface area contributed by atoms with E-state index in [0.29, 0.717) is 3.57 Å². The van der Waals surface area contributed by atoms with Crippen LogP contribution in [0.25, 0.3) is 0 Å². The van der Waals surface area contributed by atoms with Crippen molar-refractivity contribution in [2.45, 2.75) is 26.9 Å². The lowest BCUT2D eigenvalue weighted by Gasteiger charge is -2.26. The second-order valence-electron chi connectivity index (χ2n) is 4.53. The Kier molecular flexibility index (Phi) is 3.71. The van der Waals surface area contributed by atoms with Crippen LogP contribution < -0.4 is 0 Å². The van der Waals surface area contributed by atoms with Gasteiger partial charge in [-0.15, -0.1) is 0 Å². The summed E-state index contributed by atoms with van der Waals surface area (Å²) in [4.78, 5) is 0. The zero-order valence-electron chi connectivity index (χ0n) is 8.81. The van der Waals surface area contributed by atoms with Gasteiger partial charge in [0.2, 0.25) is 0 Å². The monoisotopic (exact) mass is 326 g/mol. The van der Waals surface area contributed by atoms with Crippen LogP contribution in [0.5, 0.6) is 0 Å². The van der Waals surface area contributed by atoms with Gasteiger partial charge >= 0.3 is 0 Å². The molecule has 1 rings (SSSR count).